The van der Waals surface area contributed by atoms with Crippen LogP contribution in [0.3, 0.4) is 0 Å². The molecule has 0 aromatic rings. The summed E-state index contributed by atoms with van der Waals surface area (Å²) in [7, 11) is 0. The maximum Gasteiger partial charge on any atom is 0.410 e. The number of nitrogens with zero attached hydrogens (tertiary/aromatic N) is 1. The van der Waals surface area contributed by atoms with Gasteiger partial charge in [0.15, 0.2) is 0 Å². The molecule has 0 N–H and O–H groups in total. The average Bonchev–Trinajstić information content (AvgIpc) is 2.00. The van der Waals surface area contributed by atoms with E-state index >= 15 is 0 Å². The number of likely N-dealkylation sites (tertiary alicyclic amines) is 1. The molecule has 3 nitrogen and oxygen atoms in total. The molecule has 0 bridgehead atoms. The van der Waals surface area contributed by atoms with Crippen LogP contribution in [-0.4, -0.2) is 41.4 Å². The minimum Gasteiger partial charge on any atom is -0.444 e. The summed E-state index contributed by atoms with van der Waals surface area (Å²) in [4.78, 5) is 13.2. The van der Waals surface area contributed by atoms with Gasteiger partial charge in [0.1, 0.15) is 5.60 Å². The Kier molecular flexibility index (Phi) is 3.77. The van der Waals surface area contributed by atoms with Gasteiger partial charge in [-0.05, 0) is 20.8 Å². The first kappa shape index (κ1) is 12.9. The number of carbonyl (C=O) groups excluding carboxylic acids is 1. The maximum absolute atomic E-state index is 11.6. The second-order valence-corrected chi connectivity index (χ2v) is 5.64. The predicted molar refractivity (Wildman–Crippen MR) is 61.7 cm³/mol. The SMILES string of the molecule is CC(C)(C)OC(=O)N1CC(CCl)(CCl)C1. The molecular formula is C10H17Cl2NO2. The number of halogens is 2. The van der Waals surface area contributed by atoms with Crippen LogP contribution in [-0.2, 0) is 4.74 Å². The molecule has 0 aromatic carbocycles. The molecule has 0 unspecified atom stereocenters. The Balaban J connectivity index is 2.42. The third-order valence-electron chi connectivity index (χ3n) is 2.27. The number of hydrogen-bond donors (Lipinski definition) is 0. The van der Waals surface area contributed by atoms with Gasteiger partial charge < -0.3 is 9.64 Å². The van der Waals surface area contributed by atoms with Gasteiger partial charge in [0, 0.05) is 30.3 Å². The highest BCUT2D eigenvalue weighted by atomic mass is 35.5. The van der Waals surface area contributed by atoms with Crippen LogP contribution >= 0.6 is 23.2 Å². The third kappa shape index (κ3) is 3.15. The summed E-state index contributed by atoms with van der Waals surface area (Å²) in [6.07, 6.45) is -0.284. The standard InChI is InChI=1S/C10H17Cl2NO2/c1-9(2,3)15-8(14)13-6-10(4-11,5-12)7-13/h4-7H2,1-3H3. The molecule has 0 atom stereocenters. The van der Waals surface area contributed by atoms with Crippen LogP contribution in [0.25, 0.3) is 0 Å². The maximum atomic E-state index is 11.6. The first-order chi connectivity index (χ1) is 6.82. The van der Waals surface area contributed by atoms with Crippen LogP contribution in [0.15, 0.2) is 0 Å². The number of rotatable bonds is 2. The molecule has 0 spiro atoms. The fourth-order valence-corrected chi connectivity index (χ4v) is 2.05. The molecule has 1 aliphatic heterocycles. The number of amides is 1. The van der Waals surface area contributed by atoms with Crippen LogP contribution in [0.5, 0.6) is 0 Å². The summed E-state index contributed by atoms with van der Waals surface area (Å²) in [5.74, 6) is 0.964. The average molecular weight is 254 g/mol. The van der Waals surface area contributed by atoms with E-state index in [-0.39, 0.29) is 11.5 Å². The van der Waals surface area contributed by atoms with Crippen molar-refractivity contribution < 1.29 is 9.53 Å². The molecule has 88 valence electrons. The molecule has 15 heavy (non-hydrogen) atoms. The van der Waals surface area contributed by atoms with Crippen molar-refractivity contribution in [1.29, 1.82) is 0 Å². The lowest BCUT2D eigenvalue weighted by atomic mass is 9.84. The fraction of sp³-hybridized carbons (Fsp3) is 0.900. The van der Waals surface area contributed by atoms with Crippen LogP contribution in [0, 0.1) is 5.41 Å². The van der Waals surface area contributed by atoms with Gasteiger partial charge in [-0.25, -0.2) is 4.79 Å². The second-order valence-electron chi connectivity index (χ2n) is 5.10. The summed E-state index contributed by atoms with van der Waals surface area (Å²) in [5, 5.41) is 0. The van der Waals surface area contributed by atoms with Crippen LogP contribution in [0.2, 0.25) is 0 Å². The van der Waals surface area contributed by atoms with Crippen LogP contribution in [0.4, 0.5) is 4.79 Å². The molecule has 1 saturated heterocycles. The quantitative estimate of drug-likeness (QED) is 0.709. The monoisotopic (exact) mass is 253 g/mol. The Morgan fingerprint density at radius 1 is 1.33 bits per heavy atom. The van der Waals surface area contributed by atoms with E-state index in [0.717, 1.165) is 0 Å². The highest BCUT2D eigenvalue weighted by Gasteiger charge is 2.45. The largest absolute Gasteiger partial charge is 0.444 e. The Bertz CT molecular complexity index is 238. The van der Waals surface area contributed by atoms with E-state index in [2.05, 4.69) is 0 Å². The van der Waals surface area contributed by atoms with Crippen molar-refractivity contribution in [3.63, 3.8) is 0 Å². The summed E-state index contributed by atoms with van der Waals surface area (Å²) in [5.41, 5.74) is -0.558. The van der Waals surface area contributed by atoms with Gasteiger partial charge in [-0.3, -0.25) is 0 Å². The van der Waals surface area contributed by atoms with E-state index in [1.54, 1.807) is 4.90 Å². The summed E-state index contributed by atoms with van der Waals surface area (Å²) in [6, 6.07) is 0. The van der Waals surface area contributed by atoms with Crippen LogP contribution in [0.1, 0.15) is 20.8 Å². The van der Waals surface area contributed by atoms with E-state index in [9.17, 15) is 4.79 Å². The Morgan fingerprint density at radius 2 is 1.80 bits per heavy atom. The molecule has 1 amide bonds. The minimum atomic E-state index is -0.447. The van der Waals surface area contributed by atoms with Crippen molar-refractivity contribution in [3.8, 4) is 0 Å². The Hall–Kier alpha value is -0.150. The highest BCUT2D eigenvalue weighted by molar-refractivity contribution is 6.21. The van der Waals surface area contributed by atoms with Crippen LogP contribution < -0.4 is 0 Å². The van der Waals surface area contributed by atoms with E-state index in [1.165, 1.54) is 0 Å². The fourth-order valence-electron chi connectivity index (χ4n) is 1.42. The lowest BCUT2D eigenvalue weighted by Crippen LogP contribution is -2.61. The van der Waals surface area contributed by atoms with Gasteiger partial charge in [0.2, 0.25) is 0 Å². The zero-order chi connectivity index (χ0) is 11.7. The summed E-state index contributed by atoms with van der Waals surface area (Å²) < 4.78 is 5.22. The minimum absolute atomic E-state index is 0.111. The van der Waals surface area contributed by atoms with Crippen molar-refractivity contribution >= 4 is 29.3 Å². The molecule has 1 aliphatic rings. The number of carbonyl (C=O) groups is 1. The van der Waals surface area contributed by atoms with Gasteiger partial charge in [0.25, 0.3) is 0 Å². The first-order valence-corrected chi connectivity index (χ1v) is 5.99. The molecule has 5 heteroatoms. The smallest absolute Gasteiger partial charge is 0.410 e. The van der Waals surface area contributed by atoms with Crippen molar-refractivity contribution in [3.05, 3.63) is 0 Å². The van der Waals surface area contributed by atoms with Crippen molar-refractivity contribution in [2.24, 2.45) is 5.41 Å². The lowest BCUT2D eigenvalue weighted by molar-refractivity contribution is -0.0196. The van der Waals surface area contributed by atoms with Gasteiger partial charge in [0.05, 0.1) is 0 Å². The normalized spacial score (nSPS) is 19.7. The number of alkyl halides is 2. The second kappa shape index (κ2) is 4.38. The zero-order valence-electron chi connectivity index (χ0n) is 9.35. The molecule has 0 saturated carbocycles. The van der Waals surface area contributed by atoms with Crippen molar-refractivity contribution in [1.82, 2.24) is 4.90 Å². The number of hydrogen-bond acceptors (Lipinski definition) is 2. The zero-order valence-corrected chi connectivity index (χ0v) is 10.9. The van der Waals surface area contributed by atoms with Gasteiger partial charge in [-0.1, -0.05) is 0 Å². The predicted octanol–water partition coefficient (Wildman–Crippen LogP) is 2.70. The molecule has 1 fully saturated rings. The van der Waals surface area contributed by atoms with E-state index in [1.807, 2.05) is 20.8 Å². The summed E-state index contributed by atoms with van der Waals surface area (Å²) >= 11 is 11.6. The molecule has 0 aromatic heterocycles. The molecule has 1 rings (SSSR count). The number of ether oxygens (including phenoxy) is 1. The Morgan fingerprint density at radius 3 is 2.13 bits per heavy atom. The first-order valence-electron chi connectivity index (χ1n) is 4.92. The Labute approximate surface area is 101 Å². The van der Waals surface area contributed by atoms with Gasteiger partial charge in [-0.15, -0.1) is 23.2 Å². The van der Waals surface area contributed by atoms with E-state index in [0.29, 0.717) is 24.8 Å². The van der Waals surface area contributed by atoms with E-state index < -0.39 is 5.60 Å². The van der Waals surface area contributed by atoms with Gasteiger partial charge in [-0.2, -0.15) is 0 Å². The third-order valence-corrected chi connectivity index (χ3v) is 3.41. The van der Waals surface area contributed by atoms with Gasteiger partial charge >= 0.3 is 6.09 Å². The molecular weight excluding hydrogens is 237 g/mol. The van der Waals surface area contributed by atoms with E-state index in [4.69, 9.17) is 27.9 Å². The van der Waals surface area contributed by atoms with Crippen molar-refractivity contribution in [2.45, 2.75) is 26.4 Å². The lowest BCUT2D eigenvalue weighted by Gasteiger charge is -2.47. The summed E-state index contributed by atoms with van der Waals surface area (Å²) in [6.45, 7) is 6.73. The molecule has 1 heterocycles. The molecule has 0 aliphatic carbocycles. The topological polar surface area (TPSA) is 29.5 Å². The molecule has 0 radical (unpaired) electrons. The highest BCUT2D eigenvalue weighted by Crippen LogP contribution is 2.33. The van der Waals surface area contributed by atoms with Crippen molar-refractivity contribution in [2.75, 3.05) is 24.8 Å².